The second-order valence-corrected chi connectivity index (χ2v) is 7.15. The first-order valence-corrected chi connectivity index (χ1v) is 9.77. The summed E-state index contributed by atoms with van der Waals surface area (Å²) in [5.41, 5.74) is 5.52. The van der Waals surface area contributed by atoms with Crippen molar-refractivity contribution in [3.05, 3.63) is 66.4 Å². The number of aliphatic hydroxyl groups excluding tert-OH is 1. The van der Waals surface area contributed by atoms with Gasteiger partial charge in [-0.15, -0.1) is 5.10 Å². The number of aryl methyl sites for hydroxylation is 1. The highest BCUT2D eigenvalue weighted by atomic mass is 16.3. The number of aromatic nitrogens is 9. The summed E-state index contributed by atoms with van der Waals surface area (Å²) in [7, 11) is 0. The van der Waals surface area contributed by atoms with E-state index in [2.05, 4.69) is 30.4 Å². The molecule has 1 N–H and O–H groups in total. The smallest absolute Gasteiger partial charge is 0.221 e. The van der Waals surface area contributed by atoms with Crippen LogP contribution in [0.25, 0.3) is 33.9 Å². The minimum absolute atomic E-state index is 0.0230. The molecule has 0 radical (unpaired) electrons. The molecule has 5 rings (SSSR count). The SMILES string of the molecule is Cc1cnc(-c2cccc(Cn3nnc4ncc(-c5cnn(CCO)c5)nc43)c2)nc1. The van der Waals surface area contributed by atoms with Gasteiger partial charge in [0.1, 0.15) is 0 Å². The van der Waals surface area contributed by atoms with Gasteiger partial charge in [-0.05, 0) is 24.1 Å². The molecule has 0 bridgehead atoms. The quantitative estimate of drug-likeness (QED) is 0.448. The first-order valence-electron chi connectivity index (χ1n) is 9.77. The Labute approximate surface area is 177 Å². The predicted octanol–water partition coefficient (Wildman–Crippen LogP) is 1.89. The third-order valence-electron chi connectivity index (χ3n) is 4.78. The Bertz CT molecular complexity index is 1340. The number of nitrogens with zero attached hydrogens (tertiary/aromatic N) is 9. The Kier molecular flexibility index (Phi) is 4.89. The fourth-order valence-electron chi connectivity index (χ4n) is 3.24. The van der Waals surface area contributed by atoms with Gasteiger partial charge in [0.15, 0.2) is 11.5 Å². The average Bonchev–Trinajstić information content (AvgIpc) is 3.42. The van der Waals surface area contributed by atoms with E-state index in [4.69, 9.17) is 10.1 Å². The van der Waals surface area contributed by atoms with E-state index >= 15 is 0 Å². The van der Waals surface area contributed by atoms with Gasteiger partial charge in [0.25, 0.3) is 0 Å². The van der Waals surface area contributed by atoms with Crippen LogP contribution in [-0.2, 0) is 13.1 Å². The van der Waals surface area contributed by atoms with Gasteiger partial charge < -0.3 is 5.11 Å². The molecule has 31 heavy (non-hydrogen) atoms. The molecular weight excluding hydrogens is 394 g/mol. The first-order chi connectivity index (χ1) is 15.2. The van der Waals surface area contributed by atoms with Gasteiger partial charge in [-0.3, -0.25) is 4.68 Å². The predicted molar refractivity (Wildman–Crippen MR) is 113 cm³/mol. The molecule has 0 aliphatic heterocycles. The van der Waals surface area contributed by atoms with E-state index in [0.29, 0.717) is 35.9 Å². The largest absolute Gasteiger partial charge is 0.394 e. The van der Waals surface area contributed by atoms with E-state index in [9.17, 15) is 0 Å². The van der Waals surface area contributed by atoms with Crippen LogP contribution in [0.4, 0.5) is 0 Å². The van der Waals surface area contributed by atoms with Gasteiger partial charge in [0.05, 0.1) is 37.8 Å². The molecule has 0 aliphatic carbocycles. The zero-order chi connectivity index (χ0) is 21.2. The molecule has 0 spiro atoms. The van der Waals surface area contributed by atoms with E-state index in [0.717, 1.165) is 22.3 Å². The molecule has 10 heteroatoms. The topological polar surface area (TPSA) is 120 Å². The van der Waals surface area contributed by atoms with Crippen LogP contribution in [0.15, 0.2) is 55.2 Å². The Hall–Kier alpha value is -4.05. The third-order valence-corrected chi connectivity index (χ3v) is 4.78. The standard InChI is InChI=1S/C21H19N9O/c1-14-8-22-19(23-9-14)16-4-2-3-15(7-16)12-30-21-20(27-28-30)24-11-18(26-21)17-10-25-29(13-17)5-6-31/h2-4,7-11,13,31H,5-6,12H2,1H3. The molecule has 154 valence electrons. The first kappa shape index (κ1) is 18.9. The fourth-order valence-corrected chi connectivity index (χ4v) is 3.24. The van der Waals surface area contributed by atoms with Crippen molar-refractivity contribution in [2.45, 2.75) is 20.0 Å². The number of hydrogen-bond donors (Lipinski definition) is 1. The molecular formula is C21H19N9O. The van der Waals surface area contributed by atoms with Crippen LogP contribution in [-0.4, -0.2) is 56.4 Å². The van der Waals surface area contributed by atoms with Crippen molar-refractivity contribution >= 4 is 11.3 Å². The molecule has 4 heterocycles. The molecule has 0 atom stereocenters. The van der Waals surface area contributed by atoms with Crippen LogP contribution in [0.2, 0.25) is 0 Å². The molecule has 1 aromatic carbocycles. The van der Waals surface area contributed by atoms with E-state index in [1.807, 2.05) is 37.4 Å². The monoisotopic (exact) mass is 413 g/mol. The van der Waals surface area contributed by atoms with Crippen LogP contribution in [0.1, 0.15) is 11.1 Å². The highest BCUT2D eigenvalue weighted by Crippen LogP contribution is 2.20. The minimum atomic E-state index is 0.0230. The lowest BCUT2D eigenvalue weighted by molar-refractivity contribution is 0.269. The molecule has 0 aliphatic rings. The number of rotatable bonds is 6. The molecule has 0 fully saturated rings. The van der Waals surface area contributed by atoms with Gasteiger partial charge in [-0.2, -0.15) is 5.10 Å². The van der Waals surface area contributed by atoms with Gasteiger partial charge >= 0.3 is 0 Å². The van der Waals surface area contributed by atoms with Crippen molar-refractivity contribution in [3.8, 4) is 22.6 Å². The van der Waals surface area contributed by atoms with Crippen molar-refractivity contribution in [1.29, 1.82) is 0 Å². The summed E-state index contributed by atoms with van der Waals surface area (Å²) in [4.78, 5) is 17.9. The summed E-state index contributed by atoms with van der Waals surface area (Å²) in [6.45, 7) is 2.90. The molecule has 0 amide bonds. The lowest BCUT2D eigenvalue weighted by atomic mass is 10.1. The number of hydrogen-bond acceptors (Lipinski definition) is 8. The van der Waals surface area contributed by atoms with Crippen LogP contribution in [0.3, 0.4) is 0 Å². The van der Waals surface area contributed by atoms with E-state index in [-0.39, 0.29) is 6.61 Å². The van der Waals surface area contributed by atoms with Gasteiger partial charge in [0, 0.05) is 29.7 Å². The molecule has 0 saturated carbocycles. The number of aliphatic hydroxyl groups is 1. The van der Waals surface area contributed by atoms with Crippen LogP contribution < -0.4 is 0 Å². The Morgan fingerprint density at radius 2 is 1.87 bits per heavy atom. The van der Waals surface area contributed by atoms with E-state index in [1.165, 1.54) is 0 Å². The van der Waals surface area contributed by atoms with Crippen molar-refractivity contribution in [3.63, 3.8) is 0 Å². The lowest BCUT2D eigenvalue weighted by Crippen LogP contribution is -2.04. The van der Waals surface area contributed by atoms with Gasteiger partial charge in [-0.1, -0.05) is 23.4 Å². The van der Waals surface area contributed by atoms with Gasteiger partial charge in [-0.25, -0.2) is 24.6 Å². The number of fused-ring (bicyclic) bond motifs is 1. The molecule has 5 aromatic rings. The lowest BCUT2D eigenvalue weighted by Gasteiger charge is -2.06. The molecule has 0 saturated heterocycles. The summed E-state index contributed by atoms with van der Waals surface area (Å²) in [6, 6.07) is 8.00. The van der Waals surface area contributed by atoms with E-state index in [1.54, 1.807) is 34.2 Å². The molecule has 10 nitrogen and oxygen atoms in total. The summed E-state index contributed by atoms with van der Waals surface area (Å²) in [6.07, 6.45) is 8.78. The summed E-state index contributed by atoms with van der Waals surface area (Å²) in [5, 5.41) is 21.7. The normalized spacial score (nSPS) is 11.3. The van der Waals surface area contributed by atoms with Gasteiger partial charge in [0.2, 0.25) is 5.65 Å². The molecule has 0 unspecified atom stereocenters. The Morgan fingerprint density at radius 1 is 1.00 bits per heavy atom. The fraction of sp³-hybridized carbons (Fsp3) is 0.190. The highest BCUT2D eigenvalue weighted by Gasteiger charge is 2.12. The maximum absolute atomic E-state index is 9.08. The van der Waals surface area contributed by atoms with Crippen molar-refractivity contribution in [2.24, 2.45) is 0 Å². The average molecular weight is 413 g/mol. The van der Waals surface area contributed by atoms with Crippen molar-refractivity contribution < 1.29 is 5.11 Å². The summed E-state index contributed by atoms with van der Waals surface area (Å²) < 4.78 is 3.38. The maximum Gasteiger partial charge on any atom is 0.221 e. The third kappa shape index (κ3) is 3.88. The Balaban J connectivity index is 1.45. The van der Waals surface area contributed by atoms with Crippen LogP contribution >= 0.6 is 0 Å². The summed E-state index contributed by atoms with van der Waals surface area (Å²) >= 11 is 0. The van der Waals surface area contributed by atoms with Crippen LogP contribution in [0.5, 0.6) is 0 Å². The highest BCUT2D eigenvalue weighted by molar-refractivity contribution is 5.69. The molecule has 4 aromatic heterocycles. The zero-order valence-corrected chi connectivity index (χ0v) is 16.8. The van der Waals surface area contributed by atoms with Crippen molar-refractivity contribution in [2.75, 3.05) is 6.61 Å². The van der Waals surface area contributed by atoms with Crippen molar-refractivity contribution in [1.82, 2.24) is 44.7 Å². The second kappa shape index (κ2) is 8.00. The number of benzene rings is 1. The van der Waals surface area contributed by atoms with Crippen LogP contribution in [0, 0.1) is 6.92 Å². The zero-order valence-electron chi connectivity index (χ0n) is 16.8. The maximum atomic E-state index is 9.08. The Morgan fingerprint density at radius 3 is 2.71 bits per heavy atom. The minimum Gasteiger partial charge on any atom is -0.394 e. The summed E-state index contributed by atoms with van der Waals surface area (Å²) in [5.74, 6) is 0.679. The van der Waals surface area contributed by atoms with E-state index < -0.39 is 0 Å². The second-order valence-electron chi connectivity index (χ2n) is 7.15.